The predicted octanol–water partition coefficient (Wildman–Crippen LogP) is 5.17. The van der Waals surface area contributed by atoms with E-state index < -0.39 is 46.0 Å². The van der Waals surface area contributed by atoms with Crippen molar-refractivity contribution < 1.29 is 28.7 Å². The van der Waals surface area contributed by atoms with Gasteiger partial charge in [0.05, 0.1) is 17.7 Å². The minimum absolute atomic E-state index is 0.107. The van der Waals surface area contributed by atoms with Gasteiger partial charge in [-0.1, -0.05) is 97.1 Å². The van der Waals surface area contributed by atoms with Crippen molar-refractivity contribution in [3.63, 3.8) is 0 Å². The van der Waals surface area contributed by atoms with Crippen molar-refractivity contribution in [2.75, 3.05) is 4.90 Å². The van der Waals surface area contributed by atoms with Gasteiger partial charge >= 0.3 is 0 Å². The molecule has 0 saturated carbocycles. The number of hydrogen-bond acceptors (Lipinski definition) is 6. The summed E-state index contributed by atoms with van der Waals surface area (Å²) in [5.74, 6) is -3.86. The highest BCUT2D eigenvalue weighted by atomic mass is 16.5. The van der Waals surface area contributed by atoms with E-state index in [1.165, 1.54) is 29.2 Å². The number of benzene rings is 4. The molecule has 0 atom stereocenters. The molecule has 8 rings (SSSR count). The Morgan fingerprint density at radius 2 is 0.976 bits per heavy atom. The van der Waals surface area contributed by atoms with E-state index in [0.717, 1.165) is 5.56 Å². The molecule has 4 aromatic carbocycles. The maximum absolute atomic E-state index is 15.1. The topological polar surface area (TPSA) is 97.8 Å². The zero-order valence-electron chi connectivity index (χ0n) is 21.9. The fraction of sp³-hybridized carbons (Fsp3) is 0.0571. The van der Waals surface area contributed by atoms with Crippen molar-refractivity contribution in [1.82, 2.24) is 0 Å². The molecule has 0 bridgehead atoms. The number of para-hydroxylation sites is 1. The van der Waals surface area contributed by atoms with Crippen molar-refractivity contribution in [1.29, 1.82) is 0 Å². The number of fused-ring (bicyclic) bond motifs is 6. The third kappa shape index (κ3) is 2.86. The van der Waals surface area contributed by atoms with Gasteiger partial charge in [0.25, 0.3) is 0 Å². The van der Waals surface area contributed by atoms with Crippen molar-refractivity contribution in [2.24, 2.45) is 0 Å². The average Bonchev–Trinajstić information content (AvgIpc) is 3.26. The zero-order valence-corrected chi connectivity index (χ0v) is 21.9. The summed E-state index contributed by atoms with van der Waals surface area (Å²) in [6.07, 6.45) is 0. The number of ether oxygens (including phenoxy) is 1. The average molecular weight is 550 g/mol. The molecule has 0 radical (unpaired) electrons. The van der Waals surface area contributed by atoms with Gasteiger partial charge in [0.2, 0.25) is 17.5 Å². The second-order valence-corrected chi connectivity index (χ2v) is 10.6. The smallest absolute Gasteiger partial charge is 0.247 e. The summed E-state index contributed by atoms with van der Waals surface area (Å²) in [6.45, 7) is 0.141. The molecule has 0 aromatic heterocycles. The van der Waals surface area contributed by atoms with Gasteiger partial charge in [0, 0.05) is 33.5 Å². The SMILES string of the molecule is O=C1C2=C(C(=O)c3ccccc31)C1(C(=O)N(Cc3ccccc3)c3ccccc31)C1=C(O2)C(=O)c2ccccc2C1=O. The van der Waals surface area contributed by atoms with Crippen LogP contribution in [0.5, 0.6) is 0 Å². The molecule has 0 unspecified atom stereocenters. The summed E-state index contributed by atoms with van der Waals surface area (Å²) in [7, 11) is 0. The first kappa shape index (κ1) is 24.1. The number of rotatable bonds is 2. The van der Waals surface area contributed by atoms with E-state index in [0.29, 0.717) is 11.3 Å². The maximum atomic E-state index is 15.1. The van der Waals surface area contributed by atoms with Crippen molar-refractivity contribution in [3.05, 3.63) is 159 Å². The number of allylic oxidation sites excluding steroid dienone is 2. The second kappa shape index (κ2) is 8.41. The van der Waals surface area contributed by atoms with Gasteiger partial charge < -0.3 is 9.64 Å². The van der Waals surface area contributed by atoms with Crippen LogP contribution >= 0.6 is 0 Å². The second-order valence-electron chi connectivity index (χ2n) is 10.6. The predicted molar refractivity (Wildman–Crippen MR) is 151 cm³/mol. The molecule has 7 heteroatoms. The summed E-state index contributed by atoms with van der Waals surface area (Å²) < 4.78 is 6.02. The van der Waals surface area contributed by atoms with Crippen LogP contribution in [0.15, 0.2) is 126 Å². The Hall–Kier alpha value is -5.69. The largest absolute Gasteiger partial charge is 0.448 e. The molecule has 7 nitrogen and oxygen atoms in total. The van der Waals surface area contributed by atoms with E-state index >= 15 is 4.79 Å². The molecule has 4 aromatic rings. The minimum Gasteiger partial charge on any atom is -0.448 e. The summed E-state index contributed by atoms with van der Waals surface area (Å²) in [5.41, 5.74) is -0.483. The lowest BCUT2D eigenvalue weighted by atomic mass is 9.60. The van der Waals surface area contributed by atoms with Crippen LogP contribution in [0, 0.1) is 0 Å². The van der Waals surface area contributed by atoms with E-state index in [1.54, 1.807) is 48.5 Å². The molecule has 0 fully saturated rings. The number of amides is 1. The molecule has 1 amide bonds. The first-order valence-electron chi connectivity index (χ1n) is 13.4. The van der Waals surface area contributed by atoms with E-state index in [-0.39, 0.29) is 39.9 Å². The normalized spacial score (nSPS) is 18.0. The van der Waals surface area contributed by atoms with E-state index in [9.17, 15) is 19.2 Å². The number of ketones is 4. The van der Waals surface area contributed by atoms with Gasteiger partial charge in [-0.2, -0.15) is 0 Å². The lowest BCUT2D eigenvalue weighted by Crippen LogP contribution is -2.52. The first-order valence-corrected chi connectivity index (χ1v) is 13.4. The Morgan fingerprint density at radius 3 is 1.52 bits per heavy atom. The fourth-order valence-electron chi connectivity index (χ4n) is 6.67. The molecule has 2 aliphatic heterocycles. The molecule has 42 heavy (non-hydrogen) atoms. The third-order valence-electron chi connectivity index (χ3n) is 8.46. The summed E-state index contributed by atoms with van der Waals surface area (Å²) in [6, 6.07) is 28.8. The third-order valence-corrected chi connectivity index (χ3v) is 8.46. The Kier molecular flexibility index (Phi) is 4.83. The highest BCUT2D eigenvalue weighted by molar-refractivity contribution is 6.37. The Morgan fingerprint density at radius 1 is 0.524 bits per heavy atom. The number of carbonyl (C=O) groups excluding carboxylic acids is 5. The molecular weight excluding hydrogens is 530 g/mol. The lowest BCUT2D eigenvalue weighted by molar-refractivity contribution is -0.121. The molecule has 4 aliphatic rings. The standard InChI is InChI=1S/C35H19NO6/c37-28-20-12-4-6-14-22(20)30(39)32-26(28)35(27-29(38)21-13-5-7-15-23(21)31(40)33(27)42-32)24-16-8-9-17-25(24)36(34(35)41)18-19-10-2-1-3-11-19/h1-17H,18H2. The van der Waals surface area contributed by atoms with E-state index in [2.05, 4.69) is 0 Å². The van der Waals surface area contributed by atoms with Gasteiger partial charge in [-0.3, -0.25) is 24.0 Å². The van der Waals surface area contributed by atoms with Gasteiger partial charge in [0.15, 0.2) is 23.1 Å². The number of Topliss-reactive ketones (excluding diaryl/α,β-unsaturated/α-hetero) is 4. The lowest BCUT2D eigenvalue weighted by Gasteiger charge is -2.41. The van der Waals surface area contributed by atoms with Crippen LogP contribution in [-0.4, -0.2) is 29.0 Å². The molecule has 0 saturated heterocycles. The monoisotopic (exact) mass is 549 g/mol. The van der Waals surface area contributed by atoms with Crippen LogP contribution in [0.1, 0.15) is 52.6 Å². The molecule has 200 valence electrons. The number of nitrogens with zero attached hydrogens (tertiary/aromatic N) is 1. The summed E-state index contributed by atoms with van der Waals surface area (Å²) in [5, 5.41) is 0. The molecule has 2 aliphatic carbocycles. The van der Waals surface area contributed by atoms with Crippen LogP contribution in [0.2, 0.25) is 0 Å². The summed E-state index contributed by atoms with van der Waals surface area (Å²) in [4.78, 5) is 73.3. The van der Waals surface area contributed by atoms with Gasteiger partial charge in [-0.05, 0) is 11.6 Å². The molecule has 0 N–H and O–H groups in total. The highest BCUT2D eigenvalue weighted by Gasteiger charge is 2.66. The highest BCUT2D eigenvalue weighted by Crippen LogP contribution is 2.58. The minimum atomic E-state index is -2.07. The van der Waals surface area contributed by atoms with Gasteiger partial charge in [-0.15, -0.1) is 0 Å². The fourth-order valence-corrected chi connectivity index (χ4v) is 6.67. The van der Waals surface area contributed by atoms with Crippen molar-refractivity contribution in [3.8, 4) is 0 Å². The van der Waals surface area contributed by atoms with Crippen LogP contribution in [0.3, 0.4) is 0 Å². The zero-order chi connectivity index (χ0) is 28.7. The Balaban J connectivity index is 1.47. The quantitative estimate of drug-likeness (QED) is 0.342. The molecule has 1 spiro atoms. The van der Waals surface area contributed by atoms with Crippen LogP contribution in [0.25, 0.3) is 0 Å². The maximum Gasteiger partial charge on any atom is 0.247 e. The summed E-state index contributed by atoms with van der Waals surface area (Å²) >= 11 is 0. The molecule has 2 heterocycles. The first-order chi connectivity index (χ1) is 20.4. The van der Waals surface area contributed by atoms with Crippen molar-refractivity contribution in [2.45, 2.75) is 12.0 Å². The Labute approximate surface area is 239 Å². The van der Waals surface area contributed by atoms with Crippen molar-refractivity contribution >= 4 is 34.7 Å². The van der Waals surface area contributed by atoms with Crippen LogP contribution in [-0.2, 0) is 21.5 Å². The van der Waals surface area contributed by atoms with Crippen LogP contribution < -0.4 is 4.90 Å². The number of anilines is 1. The van der Waals surface area contributed by atoms with Gasteiger partial charge in [-0.25, -0.2) is 0 Å². The van der Waals surface area contributed by atoms with E-state index in [1.807, 2.05) is 30.3 Å². The molecular formula is C35H19NO6. The number of carbonyl (C=O) groups is 5. The Bertz CT molecular complexity index is 1940. The van der Waals surface area contributed by atoms with Crippen LogP contribution in [0.4, 0.5) is 5.69 Å². The van der Waals surface area contributed by atoms with E-state index in [4.69, 9.17) is 4.74 Å². The number of hydrogen-bond donors (Lipinski definition) is 0. The van der Waals surface area contributed by atoms with Gasteiger partial charge in [0.1, 0.15) is 5.41 Å².